The number of ether oxygens (including phenoxy) is 1. The van der Waals surface area contributed by atoms with Crippen molar-refractivity contribution in [3.8, 4) is 0 Å². The smallest absolute Gasteiger partial charge is 0.425 e. The summed E-state index contributed by atoms with van der Waals surface area (Å²) >= 11 is 0. The van der Waals surface area contributed by atoms with Gasteiger partial charge in [-0.1, -0.05) is 6.92 Å². The first-order valence-corrected chi connectivity index (χ1v) is 6.78. The summed E-state index contributed by atoms with van der Waals surface area (Å²) in [7, 11) is 1.51. The highest BCUT2D eigenvalue weighted by Gasteiger charge is 2.55. The van der Waals surface area contributed by atoms with Gasteiger partial charge in [-0.3, -0.25) is 4.79 Å². The molecule has 0 saturated heterocycles. The normalized spacial score (nSPS) is 36.5. The van der Waals surface area contributed by atoms with E-state index in [9.17, 15) is 18.0 Å². The molecule has 2 aliphatic rings. The average molecular weight is 320 g/mol. The number of rotatable bonds is 1. The lowest BCUT2D eigenvalue weighted by Gasteiger charge is -2.44. The van der Waals surface area contributed by atoms with Gasteiger partial charge in [-0.15, -0.1) is 0 Å². The Labute approximate surface area is 126 Å². The molecule has 0 aromatic rings. The third-order valence-electron chi connectivity index (χ3n) is 4.24. The van der Waals surface area contributed by atoms with Gasteiger partial charge < -0.3 is 21.1 Å². The largest absolute Gasteiger partial charge is 0.452 e. The highest BCUT2D eigenvalue weighted by molar-refractivity contribution is 5.84. The van der Waals surface area contributed by atoms with E-state index >= 15 is 0 Å². The minimum atomic E-state index is -4.59. The third-order valence-corrected chi connectivity index (χ3v) is 4.24. The van der Waals surface area contributed by atoms with E-state index in [-0.39, 0.29) is 5.91 Å². The number of halogens is 3. The molecule has 0 aromatic heterocycles. The number of allylic oxidation sites excluding steroid dienone is 1. The van der Waals surface area contributed by atoms with E-state index in [4.69, 9.17) is 11.5 Å². The molecule has 0 bridgehead atoms. The summed E-state index contributed by atoms with van der Waals surface area (Å²) in [6.07, 6.45) is -5.69. The molecule has 6 nitrogen and oxygen atoms in total. The van der Waals surface area contributed by atoms with Crippen LogP contribution in [-0.2, 0) is 9.53 Å². The fourth-order valence-electron chi connectivity index (χ4n) is 3.10. The van der Waals surface area contributed by atoms with Crippen LogP contribution in [0, 0.1) is 11.8 Å². The van der Waals surface area contributed by atoms with Crippen LogP contribution >= 0.6 is 0 Å². The van der Waals surface area contributed by atoms with Crippen LogP contribution in [-0.4, -0.2) is 41.7 Å². The van der Waals surface area contributed by atoms with Crippen molar-refractivity contribution in [2.75, 3.05) is 7.05 Å². The number of amides is 1. The van der Waals surface area contributed by atoms with Crippen molar-refractivity contribution < 1.29 is 22.7 Å². The van der Waals surface area contributed by atoms with Crippen LogP contribution in [0.15, 0.2) is 16.9 Å². The number of carbonyl (C=O) groups is 1. The topological polar surface area (TPSA) is 93.9 Å². The van der Waals surface area contributed by atoms with Gasteiger partial charge in [-0.25, -0.2) is 4.99 Å². The van der Waals surface area contributed by atoms with Crippen molar-refractivity contribution in [1.29, 1.82) is 0 Å². The zero-order valence-corrected chi connectivity index (χ0v) is 12.5. The number of amidine groups is 1. The third kappa shape index (κ3) is 2.71. The molecule has 0 saturated carbocycles. The van der Waals surface area contributed by atoms with Gasteiger partial charge in [0.1, 0.15) is 0 Å². The summed E-state index contributed by atoms with van der Waals surface area (Å²) < 4.78 is 43.6. The second kappa shape index (κ2) is 5.06. The first-order chi connectivity index (χ1) is 9.95. The maximum absolute atomic E-state index is 13.0. The predicted octanol–water partition coefficient (Wildman–Crippen LogP) is 0.935. The molecule has 0 aliphatic carbocycles. The van der Waals surface area contributed by atoms with E-state index in [0.29, 0.717) is 5.70 Å². The van der Waals surface area contributed by atoms with E-state index in [2.05, 4.69) is 9.73 Å². The first-order valence-electron chi connectivity index (χ1n) is 6.78. The number of hydrogen-bond acceptors (Lipinski definition) is 5. The van der Waals surface area contributed by atoms with Crippen LogP contribution in [0.5, 0.6) is 0 Å². The molecule has 124 valence electrons. The molecule has 2 aliphatic heterocycles. The van der Waals surface area contributed by atoms with Crippen LogP contribution in [0.3, 0.4) is 0 Å². The minimum Gasteiger partial charge on any atom is -0.452 e. The molecule has 1 amide bonds. The van der Waals surface area contributed by atoms with Gasteiger partial charge in [0.2, 0.25) is 5.91 Å². The van der Waals surface area contributed by atoms with Gasteiger partial charge in [0, 0.05) is 31.3 Å². The van der Waals surface area contributed by atoms with E-state index in [1.165, 1.54) is 25.1 Å². The Bertz CT molecular complexity index is 546. The van der Waals surface area contributed by atoms with Gasteiger partial charge in [-0.05, 0) is 6.92 Å². The molecule has 22 heavy (non-hydrogen) atoms. The summed E-state index contributed by atoms with van der Waals surface area (Å²) in [5, 5.41) is 0. The maximum Gasteiger partial charge on any atom is 0.425 e. The van der Waals surface area contributed by atoms with Crippen LogP contribution in [0.4, 0.5) is 13.2 Å². The molecule has 0 radical (unpaired) electrons. The SMILES string of the molecule is CC1C(N)=CN(C)C(=O)C1[C@]1(C)C[C@@H](C(F)(F)F)OC(N)=N1. The standard InChI is InChI=1S/C13H19F3N4O2/c1-6-7(17)5-20(3)10(21)9(6)12(2)4-8(13(14,15)16)22-11(18)19-12/h5-6,8-9H,4,17H2,1-3H3,(H2,18,19)/t6?,8-,9?,12-/m0/s1. The molecule has 2 unspecified atom stereocenters. The highest BCUT2D eigenvalue weighted by Crippen LogP contribution is 2.43. The van der Waals surface area contributed by atoms with Crippen molar-refractivity contribution in [2.24, 2.45) is 28.3 Å². The molecular weight excluding hydrogens is 301 g/mol. The van der Waals surface area contributed by atoms with Crippen molar-refractivity contribution in [2.45, 2.75) is 38.1 Å². The average Bonchev–Trinajstić information content (AvgIpc) is 2.34. The van der Waals surface area contributed by atoms with Gasteiger partial charge in [0.15, 0.2) is 6.10 Å². The van der Waals surface area contributed by atoms with Crippen molar-refractivity contribution in [1.82, 2.24) is 4.90 Å². The number of hydrogen-bond donors (Lipinski definition) is 2. The Morgan fingerprint density at radius 2 is 2.05 bits per heavy atom. The summed E-state index contributed by atoms with van der Waals surface area (Å²) in [6.45, 7) is 3.17. The zero-order valence-electron chi connectivity index (χ0n) is 12.5. The Morgan fingerprint density at radius 3 is 2.59 bits per heavy atom. The van der Waals surface area contributed by atoms with Gasteiger partial charge in [-0.2, -0.15) is 13.2 Å². The lowest BCUT2D eigenvalue weighted by Crippen LogP contribution is -2.56. The molecule has 4 N–H and O–H groups in total. The Morgan fingerprint density at radius 1 is 1.45 bits per heavy atom. The maximum atomic E-state index is 13.0. The quantitative estimate of drug-likeness (QED) is 0.752. The number of alkyl halides is 3. The second-order valence-corrected chi connectivity index (χ2v) is 6.00. The minimum absolute atomic E-state index is 0.344. The molecular formula is C13H19F3N4O2. The highest BCUT2D eigenvalue weighted by atomic mass is 19.4. The van der Waals surface area contributed by atoms with Crippen LogP contribution < -0.4 is 11.5 Å². The number of nitrogens with two attached hydrogens (primary N) is 2. The molecule has 2 rings (SSSR count). The summed E-state index contributed by atoms with van der Waals surface area (Å²) in [5.74, 6) is -1.63. The van der Waals surface area contributed by atoms with E-state index < -0.39 is 42.1 Å². The summed E-state index contributed by atoms with van der Waals surface area (Å²) in [5.41, 5.74) is 10.4. The molecule has 0 spiro atoms. The number of nitrogens with zero attached hydrogens (tertiary/aromatic N) is 2. The summed E-state index contributed by atoms with van der Waals surface area (Å²) in [6, 6.07) is -0.563. The fourth-order valence-corrected chi connectivity index (χ4v) is 3.10. The molecule has 4 atom stereocenters. The van der Waals surface area contributed by atoms with Crippen molar-refractivity contribution in [3.05, 3.63) is 11.9 Å². The van der Waals surface area contributed by atoms with Gasteiger partial charge in [0.05, 0.1) is 11.5 Å². The Balaban J connectivity index is 2.43. The Hall–Kier alpha value is -1.93. The predicted molar refractivity (Wildman–Crippen MR) is 73.3 cm³/mol. The Kier molecular flexibility index (Phi) is 3.78. The lowest BCUT2D eigenvalue weighted by atomic mass is 9.71. The first kappa shape index (κ1) is 16.4. The number of carbonyl (C=O) groups excluding carboxylic acids is 1. The van der Waals surface area contributed by atoms with Crippen LogP contribution in [0.1, 0.15) is 20.3 Å². The van der Waals surface area contributed by atoms with Crippen LogP contribution in [0.2, 0.25) is 0 Å². The molecule has 9 heteroatoms. The van der Waals surface area contributed by atoms with Gasteiger partial charge >= 0.3 is 6.18 Å². The molecule has 0 fully saturated rings. The lowest BCUT2D eigenvalue weighted by molar-refractivity contribution is -0.210. The van der Waals surface area contributed by atoms with E-state index in [1.807, 2.05) is 0 Å². The molecule has 2 heterocycles. The summed E-state index contributed by atoms with van der Waals surface area (Å²) in [4.78, 5) is 17.7. The fraction of sp³-hybridized carbons (Fsp3) is 0.692. The zero-order chi connectivity index (χ0) is 16.9. The van der Waals surface area contributed by atoms with Gasteiger partial charge in [0.25, 0.3) is 6.02 Å². The van der Waals surface area contributed by atoms with Crippen molar-refractivity contribution >= 4 is 11.9 Å². The van der Waals surface area contributed by atoms with E-state index in [1.54, 1.807) is 6.92 Å². The molecule has 0 aromatic carbocycles. The second-order valence-electron chi connectivity index (χ2n) is 6.00. The number of aliphatic imine (C=N–C) groups is 1. The van der Waals surface area contributed by atoms with Crippen LogP contribution in [0.25, 0.3) is 0 Å². The van der Waals surface area contributed by atoms with E-state index in [0.717, 1.165) is 0 Å². The van der Waals surface area contributed by atoms with Crippen molar-refractivity contribution in [3.63, 3.8) is 0 Å². The monoisotopic (exact) mass is 320 g/mol.